The van der Waals surface area contributed by atoms with Crippen LogP contribution in [-0.2, 0) is 6.54 Å². The predicted octanol–water partition coefficient (Wildman–Crippen LogP) is 2.02. The summed E-state index contributed by atoms with van der Waals surface area (Å²) in [5.74, 6) is 6.12. The summed E-state index contributed by atoms with van der Waals surface area (Å²) in [6.45, 7) is 3.84. The second-order valence-electron chi connectivity index (χ2n) is 6.98. The standard InChI is InChI=1S/C21H22N6O3/c1-2-3-13-27-16-18(24-21(27)26-11-7-4-8-12-26)23-20(25-19(16)29)30-15-10-6-5-9-14(15)17(22)28/h5-6,9-10H,4,7-8,11-13H2,1H3,(H2,22,28)(H,23,25,29). The van der Waals surface area contributed by atoms with Crippen LogP contribution in [0.5, 0.6) is 11.8 Å². The van der Waals surface area contributed by atoms with Crippen molar-refractivity contribution in [3.63, 3.8) is 0 Å². The molecular weight excluding hydrogens is 384 g/mol. The van der Waals surface area contributed by atoms with Gasteiger partial charge >= 0.3 is 6.01 Å². The second kappa shape index (κ2) is 8.29. The third kappa shape index (κ3) is 3.72. The number of fused-ring (bicyclic) bond motifs is 1. The minimum absolute atomic E-state index is 0.0578. The van der Waals surface area contributed by atoms with Gasteiger partial charge in [0.25, 0.3) is 11.5 Å². The van der Waals surface area contributed by atoms with Gasteiger partial charge in [0.15, 0.2) is 11.2 Å². The van der Waals surface area contributed by atoms with E-state index in [1.165, 1.54) is 6.42 Å². The number of nitrogens with one attached hydrogen (secondary N) is 1. The number of nitrogens with zero attached hydrogens (tertiary/aromatic N) is 4. The first-order valence-corrected chi connectivity index (χ1v) is 9.80. The molecule has 1 aliphatic rings. The monoisotopic (exact) mass is 406 g/mol. The normalized spacial score (nSPS) is 13.7. The number of carbonyl (C=O) groups excluding carboxylic acids is 1. The zero-order valence-corrected chi connectivity index (χ0v) is 16.6. The number of para-hydroxylation sites is 1. The van der Waals surface area contributed by atoms with Crippen LogP contribution < -0.4 is 20.9 Å². The van der Waals surface area contributed by atoms with Crippen molar-refractivity contribution in [1.29, 1.82) is 0 Å². The Morgan fingerprint density at radius 2 is 2.00 bits per heavy atom. The molecule has 1 amide bonds. The molecule has 1 aromatic carbocycles. The number of ether oxygens (including phenoxy) is 1. The number of nitrogens with two attached hydrogens (primary N) is 1. The second-order valence-corrected chi connectivity index (χ2v) is 6.98. The van der Waals surface area contributed by atoms with Gasteiger partial charge in [-0.05, 0) is 38.3 Å². The molecule has 9 heteroatoms. The minimum Gasteiger partial charge on any atom is -0.425 e. The molecule has 1 saturated heterocycles. The molecule has 3 N–H and O–H groups in total. The topological polar surface area (TPSA) is 119 Å². The maximum absolute atomic E-state index is 12.9. The number of carbonyl (C=O) groups is 1. The number of rotatable bonds is 5. The Morgan fingerprint density at radius 1 is 1.23 bits per heavy atom. The number of amides is 1. The number of anilines is 1. The molecule has 0 radical (unpaired) electrons. The van der Waals surface area contributed by atoms with E-state index in [1.807, 2.05) is 0 Å². The van der Waals surface area contributed by atoms with Crippen LogP contribution in [-0.4, -0.2) is 38.5 Å². The molecule has 0 bridgehead atoms. The van der Waals surface area contributed by atoms with Crippen LogP contribution in [0.25, 0.3) is 11.2 Å². The Balaban J connectivity index is 1.79. The number of aromatic nitrogens is 4. The number of H-pyrrole nitrogens is 1. The average molecular weight is 406 g/mol. The molecule has 0 saturated carbocycles. The summed E-state index contributed by atoms with van der Waals surface area (Å²) in [6.07, 6.45) is 3.33. The molecule has 30 heavy (non-hydrogen) atoms. The summed E-state index contributed by atoms with van der Waals surface area (Å²) in [7, 11) is 0. The van der Waals surface area contributed by atoms with Gasteiger partial charge in [-0.3, -0.25) is 19.1 Å². The first-order valence-electron chi connectivity index (χ1n) is 9.80. The summed E-state index contributed by atoms with van der Waals surface area (Å²) in [5, 5.41) is 0. The number of hydrogen-bond donors (Lipinski definition) is 2. The number of piperidine rings is 1. The minimum atomic E-state index is -0.635. The van der Waals surface area contributed by atoms with Gasteiger partial charge in [0, 0.05) is 13.1 Å². The van der Waals surface area contributed by atoms with Crippen molar-refractivity contribution in [3.05, 3.63) is 40.2 Å². The van der Waals surface area contributed by atoms with Crippen molar-refractivity contribution in [2.45, 2.75) is 32.7 Å². The molecule has 0 unspecified atom stereocenters. The van der Waals surface area contributed by atoms with Crippen LogP contribution >= 0.6 is 0 Å². The first-order chi connectivity index (χ1) is 14.6. The summed E-state index contributed by atoms with van der Waals surface area (Å²) >= 11 is 0. The molecule has 4 rings (SSSR count). The molecule has 9 nitrogen and oxygen atoms in total. The van der Waals surface area contributed by atoms with Gasteiger partial charge in [-0.25, -0.2) is 0 Å². The van der Waals surface area contributed by atoms with Crippen LogP contribution in [0.3, 0.4) is 0 Å². The van der Waals surface area contributed by atoms with Crippen molar-refractivity contribution in [2.75, 3.05) is 18.0 Å². The molecular formula is C21H22N6O3. The highest BCUT2D eigenvalue weighted by atomic mass is 16.5. The van der Waals surface area contributed by atoms with Gasteiger partial charge in [-0.15, -0.1) is 5.92 Å². The fourth-order valence-electron chi connectivity index (χ4n) is 3.57. The van der Waals surface area contributed by atoms with E-state index in [9.17, 15) is 9.59 Å². The highest BCUT2D eigenvalue weighted by Crippen LogP contribution is 2.26. The third-order valence-corrected chi connectivity index (χ3v) is 4.98. The molecule has 3 aromatic rings. The molecule has 0 aliphatic carbocycles. The van der Waals surface area contributed by atoms with E-state index < -0.39 is 5.91 Å². The Hall–Kier alpha value is -3.80. The van der Waals surface area contributed by atoms with E-state index in [-0.39, 0.29) is 28.5 Å². The highest BCUT2D eigenvalue weighted by Gasteiger charge is 2.22. The fraction of sp³-hybridized carbons (Fsp3) is 0.333. The summed E-state index contributed by atoms with van der Waals surface area (Å²) in [5.41, 5.74) is 5.81. The van der Waals surface area contributed by atoms with Gasteiger partial charge in [-0.1, -0.05) is 18.1 Å². The lowest BCUT2D eigenvalue weighted by Gasteiger charge is -2.27. The van der Waals surface area contributed by atoms with Crippen LogP contribution in [0.2, 0.25) is 0 Å². The van der Waals surface area contributed by atoms with Crippen LogP contribution in [0.15, 0.2) is 29.1 Å². The fourth-order valence-corrected chi connectivity index (χ4v) is 3.57. The number of hydrogen-bond acceptors (Lipinski definition) is 6. The zero-order valence-electron chi connectivity index (χ0n) is 16.6. The number of aromatic amines is 1. The van der Waals surface area contributed by atoms with Gasteiger partial charge in [0.05, 0.1) is 12.1 Å². The SMILES string of the molecule is CC#CCn1c(N2CCCCC2)nc2nc(Oc3ccccc3C(N)=O)[nH]c(=O)c21. The third-order valence-electron chi connectivity index (χ3n) is 4.98. The Kier molecular flexibility index (Phi) is 5.39. The van der Waals surface area contributed by atoms with E-state index in [0.29, 0.717) is 18.0 Å². The van der Waals surface area contributed by atoms with Crippen LogP contribution in [0, 0.1) is 11.8 Å². The number of imidazole rings is 1. The highest BCUT2D eigenvalue weighted by molar-refractivity contribution is 5.95. The maximum atomic E-state index is 12.9. The smallest absolute Gasteiger partial charge is 0.304 e. The van der Waals surface area contributed by atoms with Gasteiger partial charge in [-0.2, -0.15) is 9.97 Å². The molecule has 2 aromatic heterocycles. The summed E-state index contributed by atoms with van der Waals surface area (Å²) in [4.78, 5) is 38.3. The van der Waals surface area contributed by atoms with Crippen molar-refractivity contribution in [1.82, 2.24) is 19.5 Å². The lowest BCUT2D eigenvalue weighted by Crippen LogP contribution is -2.32. The van der Waals surface area contributed by atoms with Gasteiger partial charge in [0.2, 0.25) is 5.95 Å². The lowest BCUT2D eigenvalue weighted by atomic mass is 10.1. The van der Waals surface area contributed by atoms with E-state index in [2.05, 4.69) is 31.7 Å². The largest absolute Gasteiger partial charge is 0.425 e. The Bertz CT molecular complexity index is 1210. The summed E-state index contributed by atoms with van der Waals surface area (Å²) in [6, 6.07) is 6.44. The van der Waals surface area contributed by atoms with Crippen LogP contribution in [0.1, 0.15) is 36.5 Å². The van der Waals surface area contributed by atoms with E-state index in [4.69, 9.17) is 10.5 Å². The zero-order chi connectivity index (χ0) is 21.1. The first kappa shape index (κ1) is 19.5. The van der Waals surface area contributed by atoms with Crippen molar-refractivity contribution < 1.29 is 9.53 Å². The van der Waals surface area contributed by atoms with Gasteiger partial charge in [0.1, 0.15) is 5.75 Å². The maximum Gasteiger partial charge on any atom is 0.304 e. The van der Waals surface area contributed by atoms with E-state index in [1.54, 1.807) is 35.8 Å². The lowest BCUT2D eigenvalue weighted by molar-refractivity contribution is 0.0998. The van der Waals surface area contributed by atoms with E-state index in [0.717, 1.165) is 25.9 Å². The van der Waals surface area contributed by atoms with Crippen molar-refractivity contribution >= 4 is 23.0 Å². The number of primary amides is 1. The number of benzene rings is 1. The van der Waals surface area contributed by atoms with Gasteiger partial charge < -0.3 is 15.4 Å². The molecule has 3 heterocycles. The molecule has 0 spiro atoms. The Morgan fingerprint density at radius 3 is 2.73 bits per heavy atom. The molecule has 0 atom stereocenters. The summed E-state index contributed by atoms with van der Waals surface area (Å²) < 4.78 is 7.47. The van der Waals surface area contributed by atoms with Crippen molar-refractivity contribution in [2.24, 2.45) is 5.73 Å². The predicted molar refractivity (Wildman–Crippen MR) is 113 cm³/mol. The van der Waals surface area contributed by atoms with E-state index >= 15 is 0 Å². The average Bonchev–Trinajstić information content (AvgIpc) is 3.12. The van der Waals surface area contributed by atoms with Crippen molar-refractivity contribution in [3.8, 4) is 23.6 Å². The molecule has 154 valence electrons. The molecule has 1 aliphatic heterocycles. The molecule has 1 fully saturated rings. The Labute approximate surface area is 172 Å². The quantitative estimate of drug-likeness (QED) is 0.626. The van der Waals surface area contributed by atoms with Crippen LogP contribution in [0.4, 0.5) is 5.95 Å².